The highest BCUT2D eigenvalue weighted by molar-refractivity contribution is 6.32. The van der Waals surface area contributed by atoms with Gasteiger partial charge in [0, 0.05) is 43.4 Å². The van der Waals surface area contributed by atoms with Gasteiger partial charge in [-0.05, 0) is 24.3 Å². The number of para-hydroxylation sites is 2. The molecule has 4 nitrogen and oxygen atoms in total. The molecular formula is C28H22Cl2O4. The summed E-state index contributed by atoms with van der Waals surface area (Å²) in [7, 11) is 3.09. The Bertz CT molecular complexity index is 1300. The SMILES string of the molecule is COc1ccccc1C1(O)c2cccc(Cl)c2C(O)(c2ccccc2OC)c2cccc(Cl)c21. The molecule has 2 unspecified atom stereocenters. The number of methoxy groups -OCH3 is 2. The Kier molecular flexibility index (Phi) is 5.58. The quantitative estimate of drug-likeness (QED) is 0.372. The lowest BCUT2D eigenvalue weighted by Crippen LogP contribution is -2.45. The third kappa shape index (κ3) is 3.00. The number of hydrogen-bond acceptors (Lipinski definition) is 4. The van der Waals surface area contributed by atoms with Crippen LogP contribution in [0.25, 0.3) is 0 Å². The van der Waals surface area contributed by atoms with E-state index >= 15 is 0 Å². The van der Waals surface area contributed by atoms with Gasteiger partial charge in [0.25, 0.3) is 0 Å². The molecule has 6 heteroatoms. The summed E-state index contributed by atoms with van der Waals surface area (Å²) in [4.78, 5) is 0. The van der Waals surface area contributed by atoms with E-state index in [4.69, 9.17) is 32.7 Å². The zero-order valence-electron chi connectivity index (χ0n) is 18.5. The van der Waals surface area contributed by atoms with E-state index in [1.54, 1.807) is 74.9 Å². The summed E-state index contributed by atoms with van der Waals surface area (Å²) in [6.07, 6.45) is 0. The maximum absolute atomic E-state index is 12.6. The van der Waals surface area contributed by atoms with Crippen LogP contribution in [-0.4, -0.2) is 24.4 Å². The third-order valence-corrected chi connectivity index (χ3v) is 7.15. The van der Waals surface area contributed by atoms with Gasteiger partial charge in [-0.15, -0.1) is 0 Å². The lowest BCUT2D eigenvalue weighted by molar-refractivity contribution is 0.0720. The Balaban J connectivity index is 1.99. The van der Waals surface area contributed by atoms with Crippen LogP contribution >= 0.6 is 23.2 Å². The second-order valence-electron chi connectivity index (χ2n) is 8.15. The molecule has 172 valence electrons. The number of benzene rings is 4. The molecule has 0 bridgehead atoms. The van der Waals surface area contributed by atoms with Crippen LogP contribution in [0.3, 0.4) is 0 Å². The molecule has 1 aliphatic rings. The molecule has 34 heavy (non-hydrogen) atoms. The van der Waals surface area contributed by atoms with Gasteiger partial charge < -0.3 is 19.7 Å². The Morgan fingerprint density at radius 2 is 0.882 bits per heavy atom. The minimum atomic E-state index is -1.76. The van der Waals surface area contributed by atoms with Gasteiger partial charge in [0.15, 0.2) is 0 Å². The minimum absolute atomic E-state index is 0.296. The summed E-state index contributed by atoms with van der Waals surface area (Å²) in [6, 6.07) is 24.8. The summed E-state index contributed by atoms with van der Waals surface area (Å²) in [5.41, 5.74) is -1.04. The molecule has 0 aliphatic heterocycles. The normalized spacial score (nSPS) is 20.9. The van der Waals surface area contributed by atoms with Crippen LogP contribution in [0.5, 0.6) is 11.5 Å². The van der Waals surface area contributed by atoms with E-state index in [-0.39, 0.29) is 0 Å². The van der Waals surface area contributed by atoms with E-state index in [1.165, 1.54) is 0 Å². The minimum Gasteiger partial charge on any atom is -0.496 e. The molecule has 2 N–H and O–H groups in total. The average Bonchev–Trinajstić information content (AvgIpc) is 2.87. The van der Waals surface area contributed by atoms with Crippen molar-refractivity contribution in [3.05, 3.63) is 128 Å². The van der Waals surface area contributed by atoms with E-state index in [1.807, 2.05) is 24.3 Å². The molecule has 0 spiro atoms. The molecule has 0 saturated carbocycles. The van der Waals surface area contributed by atoms with E-state index < -0.39 is 11.2 Å². The van der Waals surface area contributed by atoms with Crippen LogP contribution in [-0.2, 0) is 11.2 Å². The standard InChI is InChI=1S/C28H22Cl2O4/c1-33-23-15-5-3-9-17(23)27(31)19-11-7-14-22(30)26(19)28(32,18-10-4-6-16-24(18)34-2)20-12-8-13-21(29)25(20)27/h3-16,31-32H,1-2H3. The van der Waals surface area contributed by atoms with Crippen LogP contribution in [0, 0.1) is 0 Å². The molecule has 2 atom stereocenters. The van der Waals surface area contributed by atoms with Gasteiger partial charge in [0.1, 0.15) is 22.7 Å². The molecule has 5 rings (SSSR count). The molecule has 0 aromatic heterocycles. The smallest absolute Gasteiger partial charge is 0.146 e. The summed E-state index contributed by atoms with van der Waals surface area (Å²) < 4.78 is 11.2. The van der Waals surface area contributed by atoms with E-state index in [0.29, 0.717) is 54.9 Å². The second-order valence-corrected chi connectivity index (χ2v) is 8.96. The van der Waals surface area contributed by atoms with Crippen LogP contribution in [0.1, 0.15) is 33.4 Å². The van der Waals surface area contributed by atoms with Crippen molar-refractivity contribution in [2.24, 2.45) is 0 Å². The number of fused-ring (bicyclic) bond motifs is 2. The van der Waals surface area contributed by atoms with Crippen molar-refractivity contribution in [1.29, 1.82) is 0 Å². The highest BCUT2D eigenvalue weighted by Gasteiger charge is 2.54. The summed E-state index contributed by atoms with van der Waals surface area (Å²) in [6.45, 7) is 0. The van der Waals surface area contributed by atoms with Crippen molar-refractivity contribution >= 4 is 23.2 Å². The van der Waals surface area contributed by atoms with Gasteiger partial charge in [-0.1, -0.05) is 83.9 Å². The Labute approximate surface area is 207 Å². The summed E-state index contributed by atoms with van der Waals surface area (Å²) >= 11 is 13.6. The Hall–Kier alpha value is -3.02. The average molecular weight is 493 g/mol. The predicted molar refractivity (Wildman–Crippen MR) is 133 cm³/mol. The molecule has 0 fully saturated rings. The largest absolute Gasteiger partial charge is 0.496 e. The number of hydrogen-bond donors (Lipinski definition) is 2. The fraction of sp³-hybridized carbons (Fsp3) is 0.143. The number of halogens is 2. The van der Waals surface area contributed by atoms with Crippen molar-refractivity contribution in [3.8, 4) is 11.5 Å². The molecule has 4 aromatic rings. The molecule has 0 heterocycles. The van der Waals surface area contributed by atoms with Gasteiger partial charge in [-0.25, -0.2) is 0 Å². The number of ether oxygens (including phenoxy) is 2. The first-order chi connectivity index (χ1) is 16.4. The van der Waals surface area contributed by atoms with E-state index in [2.05, 4.69) is 0 Å². The van der Waals surface area contributed by atoms with E-state index in [9.17, 15) is 10.2 Å². The lowest BCUT2D eigenvalue weighted by atomic mass is 9.63. The molecule has 0 saturated heterocycles. The van der Waals surface area contributed by atoms with Gasteiger partial charge in [-0.3, -0.25) is 0 Å². The highest BCUT2D eigenvalue weighted by atomic mass is 35.5. The topological polar surface area (TPSA) is 58.9 Å². The van der Waals surface area contributed by atoms with Crippen LogP contribution < -0.4 is 9.47 Å². The number of rotatable bonds is 4. The molecule has 0 radical (unpaired) electrons. The second kappa shape index (κ2) is 8.33. The first-order valence-electron chi connectivity index (χ1n) is 10.7. The highest BCUT2D eigenvalue weighted by Crippen LogP contribution is 2.58. The van der Waals surface area contributed by atoms with Gasteiger partial charge >= 0.3 is 0 Å². The maximum atomic E-state index is 12.6. The Morgan fingerprint density at radius 1 is 0.529 bits per heavy atom. The third-order valence-electron chi connectivity index (χ3n) is 6.52. The van der Waals surface area contributed by atoms with Crippen LogP contribution in [0.4, 0.5) is 0 Å². The number of aliphatic hydroxyl groups is 2. The molecule has 0 amide bonds. The lowest BCUT2D eigenvalue weighted by Gasteiger charge is -2.46. The summed E-state index contributed by atoms with van der Waals surface area (Å²) in [5.74, 6) is 0.953. The van der Waals surface area contributed by atoms with Gasteiger partial charge in [-0.2, -0.15) is 0 Å². The van der Waals surface area contributed by atoms with Gasteiger partial charge in [0.2, 0.25) is 0 Å². The zero-order chi connectivity index (χ0) is 24.1. The van der Waals surface area contributed by atoms with Crippen LogP contribution in [0.15, 0.2) is 84.9 Å². The molecule has 4 aromatic carbocycles. The van der Waals surface area contributed by atoms with E-state index in [0.717, 1.165) is 0 Å². The van der Waals surface area contributed by atoms with Crippen molar-refractivity contribution in [2.45, 2.75) is 11.2 Å². The van der Waals surface area contributed by atoms with Crippen molar-refractivity contribution in [2.75, 3.05) is 14.2 Å². The van der Waals surface area contributed by atoms with Crippen molar-refractivity contribution in [3.63, 3.8) is 0 Å². The van der Waals surface area contributed by atoms with Crippen molar-refractivity contribution < 1.29 is 19.7 Å². The van der Waals surface area contributed by atoms with Crippen LogP contribution in [0.2, 0.25) is 10.0 Å². The molecule has 1 aliphatic carbocycles. The maximum Gasteiger partial charge on any atom is 0.146 e. The summed E-state index contributed by atoms with van der Waals surface area (Å²) in [5, 5.41) is 25.8. The zero-order valence-corrected chi connectivity index (χ0v) is 20.1. The first-order valence-corrected chi connectivity index (χ1v) is 11.4. The monoisotopic (exact) mass is 492 g/mol. The van der Waals surface area contributed by atoms with Gasteiger partial charge in [0.05, 0.1) is 14.2 Å². The fourth-order valence-corrected chi connectivity index (χ4v) is 5.73. The fourth-order valence-electron chi connectivity index (χ4n) is 5.10. The first kappa shape index (κ1) is 22.8. The predicted octanol–water partition coefficient (Wildman–Crippen LogP) is 5.89. The Morgan fingerprint density at radius 3 is 1.26 bits per heavy atom. The molecular weight excluding hydrogens is 471 g/mol. The van der Waals surface area contributed by atoms with Crippen molar-refractivity contribution in [1.82, 2.24) is 0 Å².